The van der Waals surface area contributed by atoms with Crippen molar-refractivity contribution < 1.29 is 23.0 Å². The third kappa shape index (κ3) is 4.24. The zero-order chi connectivity index (χ0) is 17.8. The van der Waals surface area contributed by atoms with Crippen molar-refractivity contribution in [2.45, 2.75) is 19.1 Å². The van der Waals surface area contributed by atoms with Crippen LogP contribution in [0.15, 0.2) is 30.5 Å². The van der Waals surface area contributed by atoms with Gasteiger partial charge in [-0.25, -0.2) is 13.8 Å². The summed E-state index contributed by atoms with van der Waals surface area (Å²) in [5.74, 6) is -1.78. The van der Waals surface area contributed by atoms with Gasteiger partial charge in [-0.2, -0.15) is 0 Å². The Hall–Kier alpha value is -2.25. The van der Waals surface area contributed by atoms with Gasteiger partial charge < -0.3 is 14.8 Å². The van der Waals surface area contributed by atoms with Gasteiger partial charge >= 0.3 is 0 Å². The number of amides is 1. The number of nitrogens with one attached hydrogen (secondary N) is 1. The highest BCUT2D eigenvalue weighted by atomic mass is 35.5. The molecule has 0 radical (unpaired) electrons. The number of ether oxygens (including phenoxy) is 2. The van der Waals surface area contributed by atoms with E-state index in [0.29, 0.717) is 13.2 Å². The quantitative estimate of drug-likeness (QED) is 0.881. The highest BCUT2D eigenvalue weighted by Gasteiger charge is 2.20. The maximum atomic E-state index is 13.6. The first-order valence-corrected chi connectivity index (χ1v) is 8.03. The van der Waals surface area contributed by atoms with Crippen LogP contribution in [0.25, 0.3) is 0 Å². The van der Waals surface area contributed by atoms with Gasteiger partial charge in [0.05, 0.1) is 18.8 Å². The van der Waals surface area contributed by atoms with Crippen LogP contribution in [-0.4, -0.2) is 30.2 Å². The van der Waals surface area contributed by atoms with Crippen LogP contribution in [0.1, 0.15) is 22.3 Å². The molecule has 1 unspecified atom stereocenters. The summed E-state index contributed by atoms with van der Waals surface area (Å²) in [4.78, 5) is 16.2. The van der Waals surface area contributed by atoms with Crippen molar-refractivity contribution in [1.29, 1.82) is 0 Å². The summed E-state index contributed by atoms with van der Waals surface area (Å²) in [5, 5.41) is 2.62. The van der Waals surface area contributed by atoms with Gasteiger partial charge in [-0.1, -0.05) is 17.7 Å². The molecule has 0 saturated carbocycles. The predicted molar refractivity (Wildman–Crippen MR) is 86.6 cm³/mol. The first-order valence-electron chi connectivity index (χ1n) is 7.65. The van der Waals surface area contributed by atoms with Gasteiger partial charge in [0.25, 0.3) is 5.91 Å². The minimum absolute atomic E-state index is 0.117. The van der Waals surface area contributed by atoms with E-state index in [0.717, 1.165) is 18.6 Å². The van der Waals surface area contributed by atoms with Gasteiger partial charge in [0.15, 0.2) is 0 Å². The van der Waals surface area contributed by atoms with Crippen molar-refractivity contribution in [3.8, 4) is 5.88 Å². The lowest BCUT2D eigenvalue weighted by atomic mass is 10.2. The predicted octanol–water partition coefficient (Wildman–Crippen LogP) is 3.11. The summed E-state index contributed by atoms with van der Waals surface area (Å²) in [7, 11) is 0. The summed E-state index contributed by atoms with van der Waals surface area (Å²) in [6.07, 6.45) is 1.92. The number of carbonyl (C=O) groups excluding carboxylic acids is 1. The molecular formula is C17H15ClF2N2O3. The molecule has 8 heteroatoms. The molecule has 2 aromatic rings. The number of pyridine rings is 1. The van der Waals surface area contributed by atoms with Gasteiger partial charge in [-0.05, 0) is 18.2 Å². The van der Waals surface area contributed by atoms with E-state index in [1.807, 2.05) is 0 Å². The highest BCUT2D eigenvalue weighted by Crippen LogP contribution is 2.25. The number of benzene rings is 1. The van der Waals surface area contributed by atoms with Crippen LogP contribution in [0.3, 0.4) is 0 Å². The summed E-state index contributed by atoms with van der Waals surface area (Å²) in [6.45, 7) is 0.802. The monoisotopic (exact) mass is 368 g/mol. The topological polar surface area (TPSA) is 60.5 Å². The van der Waals surface area contributed by atoms with Gasteiger partial charge in [0.1, 0.15) is 22.8 Å². The van der Waals surface area contributed by atoms with E-state index in [4.69, 9.17) is 21.1 Å². The summed E-state index contributed by atoms with van der Waals surface area (Å²) < 4.78 is 37.9. The fraction of sp³-hybridized carbons (Fsp3) is 0.294. The summed E-state index contributed by atoms with van der Waals surface area (Å²) in [5.41, 5.74) is -0.0483. The van der Waals surface area contributed by atoms with Gasteiger partial charge in [0, 0.05) is 24.7 Å². The van der Waals surface area contributed by atoms with E-state index >= 15 is 0 Å². The third-order valence-corrected chi connectivity index (χ3v) is 3.99. The molecule has 1 saturated heterocycles. The lowest BCUT2D eigenvalue weighted by Crippen LogP contribution is -2.24. The second kappa shape index (κ2) is 7.76. The molecule has 132 valence electrons. The third-order valence-electron chi connectivity index (χ3n) is 3.72. The number of hydrogen-bond acceptors (Lipinski definition) is 4. The van der Waals surface area contributed by atoms with Crippen LogP contribution < -0.4 is 10.1 Å². The molecule has 1 aromatic heterocycles. The Morgan fingerprint density at radius 3 is 2.80 bits per heavy atom. The van der Waals surface area contributed by atoms with Crippen molar-refractivity contribution in [2.24, 2.45) is 0 Å². The molecule has 0 aliphatic carbocycles. The Morgan fingerprint density at radius 2 is 2.16 bits per heavy atom. The highest BCUT2D eigenvalue weighted by molar-refractivity contribution is 6.32. The molecule has 1 N–H and O–H groups in total. The Balaban J connectivity index is 1.65. The average molecular weight is 369 g/mol. The van der Waals surface area contributed by atoms with Crippen molar-refractivity contribution in [3.63, 3.8) is 0 Å². The number of halogens is 3. The lowest BCUT2D eigenvalue weighted by Gasteiger charge is -2.13. The molecule has 1 aromatic carbocycles. The molecular weight excluding hydrogens is 354 g/mol. The minimum atomic E-state index is -0.723. The smallest absolute Gasteiger partial charge is 0.253 e. The standard InChI is InChI=1S/C17H15ClF2N2O3/c18-13-6-10(7-22-17(13)25-11-4-5-24-9-11)16(23)21-8-12-14(19)2-1-3-15(12)20/h1-3,6-7,11H,4-5,8-9H2,(H,21,23). The molecule has 1 atom stereocenters. The maximum absolute atomic E-state index is 13.6. The van der Waals surface area contributed by atoms with Crippen LogP contribution in [0, 0.1) is 11.6 Å². The molecule has 2 heterocycles. The van der Waals surface area contributed by atoms with E-state index in [-0.39, 0.29) is 34.7 Å². The number of rotatable bonds is 5. The molecule has 3 rings (SSSR count). The Bertz CT molecular complexity index is 762. The van der Waals surface area contributed by atoms with Crippen molar-refractivity contribution in [1.82, 2.24) is 10.3 Å². The van der Waals surface area contributed by atoms with E-state index in [2.05, 4.69) is 10.3 Å². The molecule has 1 amide bonds. The Labute approximate surface area is 147 Å². The molecule has 5 nitrogen and oxygen atoms in total. The second-order valence-corrected chi connectivity index (χ2v) is 5.90. The van der Waals surface area contributed by atoms with Gasteiger partial charge in [-0.3, -0.25) is 4.79 Å². The summed E-state index contributed by atoms with van der Waals surface area (Å²) in [6, 6.07) is 4.91. The second-order valence-electron chi connectivity index (χ2n) is 5.50. The molecule has 0 bridgehead atoms. The fourth-order valence-electron chi connectivity index (χ4n) is 2.37. The van der Waals surface area contributed by atoms with Crippen molar-refractivity contribution >= 4 is 17.5 Å². The van der Waals surface area contributed by atoms with Crippen molar-refractivity contribution in [3.05, 3.63) is 58.2 Å². The van der Waals surface area contributed by atoms with Crippen molar-refractivity contribution in [2.75, 3.05) is 13.2 Å². The number of aromatic nitrogens is 1. The van der Waals surface area contributed by atoms with Crippen LogP contribution in [-0.2, 0) is 11.3 Å². The van der Waals surface area contributed by atoms with Crippen LogP contribution in [0.5, 0.6) is 5.88 Å². The molecule has 0 spiro atoms. The number of nitrogens with zero attached hydrogens (tertiary/aromatic N) is 1. The largest absolute Gasteiger partial charge is 0.471 e. The zero-order valence-electron chi connectivity index (χ0n) is 13.1. The van der Waals surface area contributed by atoms with E-state index in [9.17, 15) is 13.6 Å². The van der Waals surface area contributed by atoms with Gasteiger partial charge in [0.2, 0.25) is 5.88 Å². The molecule has 1 fully saturated rings. The van der Waals surface area contributed by atoms with E-state index in [1.54, 1.807) is 0 Å². The molecule has 25 heavy (non-hydrogen) atoms. The maximum Gasteiger partial charge on any atom is 0.253 e. The molecule has 1 aliphatic heterocycles. The lowest BCUT2D eigenvalue weighted by molar-refractivity contribution is 0.0949. The first-order chi connectivity index (χ1) is 12.0. The van der Waals surface area contributed by atoms with E-state index in [1.165, 1.54) is 18.3 Å². The first kappa shape index (κ1) is 17.6. The molecule has 1 aliphatic rings. The average Bonchev–Trinajstić information content (AvgIpc) is 3.09. The summed E-state index contributed by atoms with van der Waals surface area (Å²) >= 11 is 6.09. The normalized spacial score (nSPS) is 16.7. The Morgan fingerprint density at radius 1 is 1.40 bits per heavy atom. The van der Waals surface area contributed by atoms with Crippen LogP contribution >= 0.6 is 11.6 Å². The minimum Gasteiger partial charge on any atom is -0.471 e. The van der Waals surface area contributed by atoms with Gasteiger partial charge in [-0.15, -0.1) is 0 Å². The number of hydrogen-bond donors (Lipinski definition) is 1. The number of carbonyl (C=O) groups is 1. The van der Waals surface area contributed by atoms with Crippen LogP contribution in [0.2, 0.25) is 5.02 Å². The van der Waals surface area contributed by atoms with Crippen LogP contribution in [0.4, 0.5) is 8.78 Å². The SMILES string of the molecule is O=C(NCc1c(F)cccc1F)c1cnc(OC2CCOC2)c(Cl)c1. The Kier molecular flexibility index (Phi) is 5.45. The van der Waals surface area contributed by atoms with E-state index < -0.39 is 17.5 Å². The fourth-order valence-corrected chi connectivity index (χ4v) is 2.58. The zero-order valence-corrected chi connectivity index (χ0v) is 13.9.